The Balaban J connectivity index is 1.50. The van der Waals surface area contributed by atoms with Crippen LogP contribution in [-0.2, 0) is 14.8 Å². The molecule has 2 fully saturated rings. The summed E-state index contributed by atoms with van der Waals surface area (Å²) in [4.78, 5) is 15.0. The van der Waals surface area contributed by atoms with Crippen molar-refractivity contribution in [1.82, 2.24) is 15.5 Å². The fourth-order valence-corrected chi connectivity index (χ4v) is 5.43. The van der Waals surface area contributed by atoms with Gasteiger partial charge in [-0.3, -0.25) is 4.79 Å². The SMILES string of the molecule is CC1(CNC(=O)C2CCCN2C2=NS(=O)(=O)c3ccccc32)CCNCC1. The number of benzene rings is 1. The molecule has 1 unspecified atom stereocenters. The first-order valence-corrected chi connectivity index (χ1v) is 11.0. The van der Waals surface area contributed by atoms with Gasteiger partial charge in [0, 0.05) is 18.7 Å². The summed E-state index contributed by atoms with van der Waals surface area (Å²) in [5.74, 6) is 0.382. The molecule has 0 bridgehead atoms. The van der Waals surface area contributed by atoms with Crippen molar-refractivity contribution in [3.63, 3.8) is 0 Å². The molecule has 1 atom stereocenters. The van der Waals surface area contributed by atoms with Crippen LogP contribution in [-0.4, -0.2) is 57.3 Å². The van der Waals surface area contributed by atoms with Crippen LogP contribution in [0.5, 0.6) is 0 Å². The molecule has 2 saturated heterocycles. The van der Waals surface area contributed by atoms with Crippen molar-refractivity contribution in [3.8, 4) is 0 Å². The summed E-state index contributed by atoms with van der Waals surface area (Å²) in [5, 5.41) is 6.47. The van der Waals surface area contributed by atoms with E-state index in [2.05, 4.69) is 22.0 Å². The van der Waals surface area contributed by atoms with E-state index in [9.17, 15) is 13.2 Å². The van der Waals surface area contributed by atoms with Crippen LogP contribution in [0.25, 0.3) is 0 Å². The molecule has 1 aromatic rings. The summed E-state index contributed by atoms with van der Waals surface area (Å²) in [6.45, 7) is 5.46. The normalized spacial score (nSPS) is 25.7. The standard InChI is InChI=1S/C19H26N4O3S/c1-19(8-10-20-11-9-19)13-21-18(24)15-6-4-12-23(15)17-14-5-2-3-7-16(14)27(25,26)22-17/h2-3,5,7,15,20H,4,6,8-13H2,1H3,(H,21,24). The van der Waals surface area contributed by atoms with Crippen LogP contribution in [0.15, 0.2) is 33.6 Å². The second-order valence-corrected chi connectivity index (χ2v) is 9.59. The molecule has 0 aromatic heterocycles. The number of sulfonamides is 1. The van der Waals surface area contributed by atoms with Crippen molar-refractivity contribution in [1.29, 1.82) is 0 Å². The lowest BCUT2D eigenvalue weighted by Crippen LogP contribution is -2.49. The smallest absolute Gasteiger partial charge is 0.285 e. The first-order valence-electron chi connectivity index (χ1n) is 9.59. The zero-order chi connectivity index (χ0) is 19.1. The quantitative estimate of drug-likeness (QED) is 0.807. The van der Waals surface area contributed by atoms with Gasteiger partial charge in [-0.1, -0.05) is 19.1 Å². The van der Waals surface area contributed by atoms with Crippen LogP contribution in [0.3, 0.4) is 0 Å². The second-order valence-electron chi connectivity index (χ2n) is 8.02. The highest BCUT2D eigenvalue weighted by Gasteiger charge is 2.39. The number of hydrogen-bond acceptors (Lipinski definition) is 5. The zero-order valence-corrected chi connectivity index (χ0v) is 16.4. The minimum Gasteiger partial charge on any atom is -0.354 e. The highest BCUT2D eigenvalue weighted by atomic mass is 32.2. The van der Waals surface area contributed by atoms with E-state index in [1.54, 1.807) is 24.3 Å². The average molecular weight is 391 g/mol. The van der Waals surface area contributed by atoms with E-state index in [1.165, 1.54) is 0 Å². The summed E-state index contributed by atoms with van der Waals surface area (Å²) < 4.78 is 28.7. The molecule has 27 heavy (non-hydrogen) atoms. The van der Waals surface area contributed by atoms with Crippen LogP contribution in [0, 0.1) is 5.41 Å². The molecule has 2 N–H and O–H groups in total. The maximum atomic E-state index is 12.9. The third-order valence-corrected chi connectivity index (χ3v) is 7.27. The van der Waals surface area contributed by atoms with Crippen molar-refractivity contribution >= 4 is 21.8 Å². The van der Waals surface area contributed by atoms with Crippen molar-refractivity contribution < 1.29 is 13.2 Å². The van der Waals surface area contributed by atoms with E-state index >= 15 is 0 Å². The molecule has 4 rings (SSSR count). The molecule has 1 aromatic carbocycles. The van der Waals surface area contributed by atoms with Crippen LogP contribution in [0.4, 0.5) is 0 Å². The van der Waals surface area contributed by atoms with Gasteiger partial charge in [0.25, 0.3) is 10.0 Å². The predicted molar refractivity (Wildman–Crippen MR) is 103 cm³/mol. The van der Waals surface area contributed by atoms with Gasteiger partial charge >= 0.3 is 0 Å². The third-order valence-electron chi connectivity index (χ3n) is 5.94. The molecule has 1 amide bonds. The maximum Gasteiger partial charge on any atom is 0.285 e. The van der Waals surface area contributed by atoms with Gasteiger partial charge in [0.1, 0.15) is 10.9 Å². The fourth-order valence-electron chi connectivity index (χ4n) is 4.21. The zero-order valence-electron chi connectivity index (χ0n) is 15.6. The minimum atomic E-state index is -3.67. The molecule has 0 radical (unpaired) electrons. The van der Waals surface area contributed by atoms with Crippen LogP contribution < -0.4 is 10.6 Å². The number of carbonyl (C=O) groups is 1. The van der Waals surface area contributed by atoms with Crippen LogP contribution in [0.1, 0.15) is 38.2 Å². The number of hydrogen-bond donors (Lipinski definition) is 2. The molecule has 3 aliphatic rings. The molecule has 8 heteroatoms. The molecule has 7 nitrogen and oxygen atoms in total. The summed E-state index contributed by atoms with van der Waals surface area (Å²) in [6, 6.07) is 6.48. The van der Waals surface area contributed by atoms with E-state index in [4.69, 9.17) is 0 Å². The highest BCUT2D eigenvalue weighted by Crippen LogP contribution is 2.31. The topological polar surface area (TPSA) is 90.9 Å². The number of nitrogens with one attached hydrogen (secondary N) is 2. The lowest BCUT2D eigenvalue weighted by atomic mass is 9.81. The molecule has 0 aliphatic carbocycles. The van der Waals surface area contributed by atoms with Crippen molar-refractivity contribution in [2.75, 3.05) is 26.2 Å². The lowest BCUT2D eigenvalue weighted by Gasteiger charge is -2.35. The van der Waals surface area contributed by atoms with Gasteiger partial charge in [0.05, 0.1) is 0 Å². The molecular formula is C19H26N4O3S. The fraction of sp³-hybridized carbons (Fsp3) is 0.579. The minimum absolute atomic E-state index is 0.0308. The Hall–Kier alpha value is -1.93. The average Bonchev–Trinajstić information content (AvgIpc) is 3.24. The number of fused-ring (bicyclic) bond motifs is 1. The van der Waals surface area contributed by atoms with E-state index < -0.39 is 10.0 Å². The van der Waals surface area contributed by atoms with Gasteiger partial charge in [0.2, 0.25) is 5.91 Å². The van der Waals surface area contributed by atoms with Crippen LogP contribution >= 0.6 is 0 Å². The van der Waals surface area contributed by atoms with Gasteiger partial charge in [-0.15, -0.1) is 4.40 Å². The number of nitrogens with zero attached hydrogens (tertiary/aromatic N) is 2. The molecule has 146 valence electrons. The first-order chi connectivity index (χ1) is 12.9. The first kappa shape index (κ1) is 18.4. The molecule has 0 saturated carbocycles. The largest absolute Gasteiger partial charge is 0.354 e. The Kier molecular flexibility index (Phi) is 4.71. The third kappa shape index (κ3) is 3.48. The van der Waals surface area contributed by atoms with E-state index in [0.717, 1.165) is 32.4 Å². The summed E-state index contributed by atoms with van der Waals surface area (Å²) in [7, 11) is -3.67. The van der Waals surface area contributed by atoms with Crippen molar-refractivity contribution in [2.24, 2.45) is 9.81 Å². The number of rotatable bonds is 3. The number of piperidine rings is 1. The Morgan fingerprint density at radius 3 is 2.85 bits per heavy atom. The Morgan fingerprint density at radius 1 is 1.33 bits per heavy atom. The van der Waals surface area contributed by atoms with Crippen molar-refractivity contribution in [2.45, 2.75) is 43.5 Å². The molecule has 3 aliphatic heterocycles. The predicted octanol–water partition coefficient (Wildman–Crippen LogP) is 1.11. The summed E-state index contributed by atoms with van der Waals surface area (Å²) in [5.41, 5.74) is 0.716. The number of likely N-dealkylation sites (tertiary alicyclic amines) is 1. The van der Waals surface area contributed by atoms with Crippen molar-refractivity contribution in [3.05, 3.63) is 29.8 Å². The molecule has 0 spiro atoms. The maximum absolute atomic E-state index is 12.9. The monoisotopic (exact) mass is 390 g/mol. The Bertz CT molecular complexity index is 875. The second kappa shape index (κ2) is 6.91. The van der Waals surface area contributed by atoms with Gasteiger partial charge < -0.3 is 15.5 Å². The van der Waals surface area contributed by atoms with Gasteiger partial charge in [-0.05, 0) is 56.3 Å². The van der Waals surface area contributed by atoms with Gasteiger partial charge in [-0.25, -0.2) is 0 Å². The highest BCUT2D eigenvalue weighted by molar-refractivity contribution is 7.90. The van der Waals surface area contributed by atoms with Gasteiger partial charge in [-0.2, -0.15) is 8.42 Å². The number of amides is 1. The number of amidine groups is 1. The molecule has 3 heterocycles. The Morgan fingerprint density at radius 2 is 2.07 bits per heavy atom. The van der Waals surface area contributed by atoms with Gasteiger partial charge in [0.15, 0.2) is 5.84 Å². The van der Waals surface area contributed by atoms with E-state index in [1.807, 2.05) is 4.90 Å². The van der Waals surface area contributed by atoms with Crippen LogP contribution in [0.2, 0.25) is 0 Å². The summed E-state index contributed by atoms with van der Waals surface area (Å²) >= 11 is 0. The van der Waals surface area contributed by atoms with E-state index in [0.29, 0.717) is 30.9 Å². The lowest BCUT2D eigenvalue weighted by molar-refractivity contribution is -0.125. The Labute approximate surface area is 160 Å². The van der Waals surface area contributed by atoms with E-state index in [-0.39, 0.29) is 22.3 Å². The summed E-state index contributed by atoms with van der Waals surface area (Å²) in [6.07, 6.45) is 3.64. The molecular weight excluding hydrogens is 364 g/mol. The number of carbonyl (C=O) groups excluding carboxylic acids is 1.